The van der Waals surface area contributed by atoms with E-state index in [9.17, 15) is 13.2 Å². The van der Waals surface area contributed by atoms with Gasteiger partial charge in [0.25, 0.3) is 0 Å². The lowest BCUT2D eigenvalue weighted by Gasteiger charge is -2.07. The van der Waals surface area contributed by atoms with E-state index in [-0.39, 0.29) is 0 Å². The molecule has 0 N–H and O–H groups in total. The lowest BCUT2D eigenvalue weighted by atomic mass is 10.1. The molecule has 0 amide bonds. The van der Waals surface area contributed by atoms with Crippen LogP contribution in [0, 0.1) is 10.7 Å². The molecule has 0 aliphatic carbocycles. The van der Waals surface area contributed by atoms with E-state index in [1.807, 2.05) is 5.40 Å². The summed E-state index contributed by atoms with van der Waals surface area (Å²) in [6.07, 6.45) is -2.61. The number of thioether (sulfide) groups is 1. The third-order valence-electron chi connectivity index (χ3n) is 3.11. The monoisotopic (exact) mass is 319 g/mol. The average molecular weight is 319 g/mol. The molecule has 0 aliphatic heterocycles. The molecule has 0 fully saturated rings. The summed E-state index contributed by atoms with van der Waals surface area (Å²) in [5, 5.41) is 11.5. The molecule has 1 aromatic carbocycles. The second-order valence-electron chi connectivity index (χ2n) is 4.46. The fourth-order valence-electron chi connectivity index (χ4n) is 2.12. The Morgan fingerprint density at radius 1 is 1.09 bits per heavy atom. The number of rotatable bonds is 2. The lowest BCUT2D eigenvalue weighted by Crippen LogP contribution is -2.04. The highest BCUT2D eigenvalue weighted by Gasteiger charge is 2.30. The minimum Gasteiger partial charge on any atom is -0.293 e. The fourth-order valence-corrected chi connectivity index (χ4v) is 2.72. The average Bonchev–Trinajstić information content (AvgIpc) is 2.86. The quantitative estimate of drug-likeness (QED) is 0.512. The van der Waals surface area contributed by atoms with E-state index < -0.39 is 11.7 Å². The van der Waals surface area contributed by atoms with Crippen molar-refractivity contribution in [3.05, 3.63) is 54.2 Å². The number of pyridine rings is 1. The first kappa shape index (κ1) is 14.5. The van der Waals surface area contributed by atoms with E-state index in [2.05, 4.69) is 4.98 Å². The number of halogens is 3. The Kier molecular flexibility index (Phi) is 3.54. The summed E-state index contributed by atoms with van der Waals surface area (Å²) in [5.41, 5.74) is 0.950. The van der Waals surface area contributed by atoms with Gasteiger partial charge in [0.05, 0.1) is 5.56 Å². The van der Waals surface area contributed by atoms with Gasteiger partial charge in [-0.2, -0.15) is 18.4 Å². The summed E-state index contributed by atoms with van der Waals surface area (Å²) in [7, 11) is 0. The molecule has 110 valence electrons. The van der Waals surface area contributed by atoms with E-state index in [1.165, 1.54) is 12.1 Å². The van der Waals surface area contributed by atoms with Crippen LogP contribution in [0.15, 0.2) is 53.7 Å². The van der Waals surface area contributed by atoms with E-state index in [4.69, 9.17) is 5.26 Å². The van der Waals surface area contributed by atoms with Gasteiger partial charge >= 0.3 is 6.18 Å². The van der Waals surface area contributed by atoms with Gasteiger partial charge in [0, 0.05) is 23.5 Å². The number of hydrogen-bond acceptors (Lipinski definition) is 3. The number of thiocyanates is 1. The summed E-state index contributed by atoms with van der Waals surface area (Å²) in [6.45, 7) is 0. The third kappa shape index (κ3) is 2.53. The van der Waals surface area contributed by atoms with Gasteiger partial charge < -0.3 is 0 Å². The van der Waals surface area contributed by atoms with E-state index in [1.54, 1.807) is 28.8 Å². The smallest absolute Gasteiger partial charge is 0.293 e. The van der Waals surface area contributed by atoms with Crippen molar-refractivity contribution in [2.45, 2.75) is 11.2 Å². The van der Waals surface area contributed by atoms with Gasteiger partial charge in [-0.3, -0.25) is 4.40 Å². The van der Waals surface area contributed by atoms with Crippen LogP contribution in [0.25, 0.3) is 16.9 Å². The standard InChI is InChI=1S/C15H8F3N3S/c16-15(17,18)11-6-4-10(5-7-11)13-14(22-9-19)21-8-2-1-3-12(21)20-13/h1-8H. The Hall–Kier alpha value is -2.46. The van der Waals surface area contributed by atoms with E-state index in [0.717, 1.165) is 23.9 Å². The molecule has 3 aromatic rings. The van der Waals surface area contributed by atoms with Crippen molar-refractivity contribution in [3.63, 3.8) is 0 Å². The minimum atomic E-state index is -4.37. The maximum atomic E-state index is 12.6. The van der Waals surface area contributed by atoms with Crippen molar-refractivity contribution in [2.75, 3.05) is 0 Å². The summed E-state index contributed by atoms with van der Waals surface area (Å²) in [5.74, 6) is 0. The van der Waals surface area contributed by atoms with Crippen molar-refractivity contribution in [1.29, 1.82) is 5.26 Å². The number of hydrogen-bond donors (Lipinski definition) is 0. The van der Waals surface area contributed by atoms with Crippen molar-refractivity contribution in [2.24, 2.45) is 0 Å². The van der Waals surface area contributed by atoms with Crippen LogP contribution < -0.4 is 0 Å². The largest absolute Gasteiger partial charge is 0.416 e. The SMILES string of the molecule is N#CSc1c(-c2ccc(C(F)(F)F)cc2)nc2ccccn12. The van der Waals surface area contributed by atoms with Crippen LogP contribution in [0.5, 0.6) is 0 Å². The van der Waals surface area contributed by atoms with Crippen molar-refractivity contribution in [1.82, 2.24) is 9.38 Å². The van der Waals surface area contributed by atoms with Crippen LogP contribution >= 0.6 is 11.8 Å². The topological polar surface area (TPSA) is 41.1 Å². The molecule has 0 spiro atoms. The zero-order valence-electron chi connectivity index (χ0n) is 11.0. The van der Waals surface area contributed by atoms with Gasteiger partial charge in [0.1, 0.15) is 21.8 Å². The summed E-state index contributed by atoms with van der Waals surface area (Å²) in [4.78, 5) is 4.40. The molecule has 0 saturated carbocycles. The Bertz CT molecular complexity index is 860. The van der Waals surface area contributed by atoms with Crippen LogP contribution in [0.4, 0.5) is 13.2 Å². The van der Waals surface area contributed by atoms with Crippen LogP contribution in [0.1, 0.15) is 5.56 Å². The lowest BCUT2D eigenvalue weighted by molar-refractivity contribution is -0.137. The Morgan fingerprint density at radius 3 is 2.45 bits per heavy atom. The van der Waals surface area contributed by atoms with Crippen molar-refractivity contribution < 1.29 is 13.2 Å². The van der Waals surface area contributed by atoms with Crippen LogP contribution in [-0.4, -0.2) is 9.38 Å². The first-order valence-electron chi connectivity index (χ1n) is 6.21. The predicted molar refractivity (Wildman–Crippen MR) is 77.1 cm³/mol. The minimum absolute atomic E-state index is 0.492. The molecule has 0 atom stereocenters. The molecule has 0 bridgehead atoms. The Balaban J connectivity index is 2.13. The molecule has 0 aliphatic rings. The van der Waals surface area contributed by atoms with Crippen LogP contribution in [0.2, 0.25) is 0 Å². The van der Waals surface area contributed by atoms with Gasteiger partial charge in [-0.1, -0.05) is 18.2 Å². The zero-order chi connectivity index (χ0) is 15.7. The number of aromatic nitrogens is 2. The number of alkyl halides is 3. The number of nitriles is 1. The normalized spacial score (nSPS) is 11.5. The summed E-state index contributed by atoms with van der Waals surface area (Å²) in [6, 6.07) is 10.1. The molecule has 22 heavy (non-hydrogen) atoms. The molecule has 3 rings (SSSR count). The van der Waals surface area contributed by atoms with Gasteiger partial charge in [0.15, 0.2) is 0 Å². The molecule has 3 nitrogen and oxygen atoms in total. The van der Waals surface area contributed by atoms with Crippen LogP contribution in [0.3, 0.4) is 0 Å². The summed E-state index contributed by atoms with van der Waals surface area (Å²) < 4.78 is 39.6. The molecule has 0 saturated heterocycles. The molecule has 7 heteroatoms. The Labute approximate surface area is 128 Å². The first-order valence-corrected chi connectivity index (χ1v) is 7.03. The predicted octanol–water partition coefficient (Wildman–Crippen LogP) is 4.59. The number of fused-ring (bicyclic) bond motifs is 1. The second-order valence-corrected chi connectivity index (χ2v) is 5.24. The zero-order valence-corrected chi connectivity index (χ0v) is 11.8. The molecule has 0 radical (unpaired) electrons. The van der Waals surface area contributed by atoms with Crippen LogP contribution in [-0.2, 0) is 6.18 Å². The molecule has 2 aromatic heterocycles. The Morgan fingerprint density at radius 2 is 1.82 bits per heavy atom. The highest BCUT2D eigenvalue weighted by Crippen LogP contribution is 2.34. The van der Waals surface area contributed by atoms with Gasteiger partial charge in [0.2, 0.25) is 0 Å². The maximum Gasteiger partial charge on any atom is 0.416 e. The van der Waals surface area contributed by atoms with E-state index >= 15 is 0 Å². The highest BCUT2D eigenvalue weighted by atomic mass is 32.2. The van der Waals surface area contributed by atoms with Gasteiger partial charge in [-0.05, 0) is 24.3 Å². The second kappa shape index (κ2) is 5.39. The third-order valence-corrected chi connectivity index (χ3v) is 3.79. The van der Waals surface area contributed by atoms with Crippen molar-refractivity contribution >= 4 is 17.4 Å². The van der Waals surface area contributed by atoms with Gasteiger partial charge in [-0.25, -0.2) is 4.98 Å². The molecular weight excluding hydrogens is 311 g/mol. The molecule has 0 unspecified atom stereocenters. The van der Waals surface area contributed by atoms with Gasteiger partial charge in [-0.15, -0.1) is 0 Å². The molecule has 2 heterocycles. The number of benzene rings is 1. The van der Waals surface area contributed by atoms with Crippen molar-refractivity contribution in [3.8, 4) is 16.7 Å². The fraction of sp³-hybridized carbons (Fsp3) is 0.0667. The first-order chi connectivity index (χ1) is 10.5. The maximum absolute atomic E-state index is 12.6. The summed E-state index contributed by atoms with van der Waals surface area (Å²) >= 11 is 0.926. The number of imidazole rings is 1. The number of nitrogens with zero attached hydrogens (tertiary/aromatic N) is 3. The molecular formula is C15H8F3N3S. The highest BCUT2D eigenvalue weighted by molar-refractivity contribution is 8.03. The van der Waals surface area contributed by atoms with E-state index in [0.29, 0.717) is 21.9 Å².